The third kappa shape index (κ3) is 4.81. The molecule has 0 atom stereocenters. The van der Waals surface area contributed by atoms with Crippen LogP contribution in [0.1, 0.15) is 54.7 Å². The van der Waals surface area contributed by atoms with E-state index in [2.05, 4.69) is 30.7 Å². The van der Waals surface area contributed by atoms with E-state index in [1.807, 2.05) is 6.07 Å². The number of rotatable bonds is 5. The minimum atomic E-state index is -3.48. The lowest BCUT2D eigenvalue weighted by Crippen LogP contribution is -2.47. The Morgan fingerprint density at radius 1 is 1.25 bits per heavy atom. The number of hydrogen-bond donors (Lipinski definition) is 4. The number of nitrogens with zero attached hydrogens (tertiary/aromatic N) is 2. The second-order valence-corrected chi connectivity index (χ2v) is 9.60. The highest BCUT2D eigenvalue weighted by molar-refractivity contribution is 7.87. The Kier molecular flexibility index (Phi) is 6.53. The molecule has 2 heterocycles. The molecule has 10 heteroatoms. The highest BCUT2D eigenvalue weighted by Crippen LogP contribution is 2.36. The molecule has 0 unspecified atom stereocenters. The number of allylic oxidation sites excluding steroid dienone is 3. The molecule has 2 aliphatic heterocycles. The Morgan fingerprint density at radius 2 is 2.03 bits per heavy atom. The van der Waals surface area contributed by atoms with Gasteiger partial charge in [0.05, 0.1) is 6.61 Å². The van der Waals surface area contributed by atoms with Gasteiger partial charge in [-0.05, 0) is 54.5 Å². The van der Waals surface area contributed by atoms with Crippen LogP contribution in [0, 0.1) is 6.57 Å². The van der Waals surface area contributed by atoms with Crippen molar-refractivity contribution in [3.05, 3.63) is 58.2 Å². The van der Waals surface area contributed by atoms with Crippen LogP contribution in [-0.2, 0) is 21.6 Å². The highest BCUT2D eigenvalue weighted by atomic mass is 32.2. The Bertz CT molecular complexity index is 1160. The van der Waals surface area contributed by atoms with E-state index >= 15 is 0 Å². The maximum Gasteiger partial charge on any atom is 0.293 e. The molecule has 0 aromatic heterocycles. The summed E-state index contributed by atoms with van der Waals surface area (Å²) >= 11 is 0. The fourth-order valence-corrected chi connectivity index (χ4v) is 5.16. The van der Waals surface area contributed by atoms with E-state index < -0.39 is 10.2 Å². The molecule has 4 rings (SSSR count). The van der Waals surface area contributed by atoms with Crippen molar-refractivity contribution in [2.24, 2.45) is 4.99 Å². The van der Waals surface area contributed by atoms with E-state index in [0.717, 1.165) is 42.4 Å². The summed E-state index contributed by atoms with van der Waals surface area (Å²) in [6, 6.07) is 3.73. The number of nitrogens with one attached hydrogen (secondary N) is 3. The number of aliphatic imine (C=N–C) groups is 1. The van der Waals surface area contributed by atoms with Crippen LogP contribution in [0.4, 0.5) is 5.69 Å². The molecule has 1 aromatic rings. The van der Waals surface area contributed by atoms with Crippen LogP contribution >= 0.6 is 0 Å². The lowest BCUT2D eigenvalue weighted by molar-refractivity contribution is -0.110. The summed E-state index contributed by atoms with van der Waals surface area (Å²) in [6.07, 6.45) is 8.09. The SMILES string of the molecule is [C-]#[N+]C1=CCC(C(=O)Nc2cc(CO)c(C3CNS(=O)(=O)NC3)cc2C2=CCCCC2)=N1. The zero-order valence-corrected chi connectivity index (χ0v) is 18.3. The number of carbonyl (C=O) groups excluding carboxylic acids is 1. The van der Waals surface area contributed by atoms with Gasteiger partial charge in [0.25, 0.3) is 21.9 Å². The summed E-state index contributed by atoms with van der Waals surface area (Å²) in [5.41, 5.74) is 4.32. The number of aliphatic hydroxyl groups excluding tert-OH is 1. The minimum absolute atomic E-state index is 0.155. The van der Waals surface area contributed by atoms with E-state index in [1.165, 1.54) is 0 Å². The first-order valence-corrected chi connectivity index (χ1v) is 12.1. The highest BCUT2D eigenvalue weighted by Gasteiger charge is 2.28. The Balaban J connectivity index is 1.70. The third-order valence-corrected chi connectivity index (χ3v) is 7.01. The van der Waals surface area contributed by atoms with Crippen LogP contribution in [0.3, 0.4) is 0 Å². The number of anilines is 1. The van der Waals surface area contributed by atoms with Gasteiger partial charge in [-0.3, -0.25) is 4.79 Å². The van der Waals surface area contributed by atoms with Gasteiger partial charge in [0.15, 0.2) is 5.71 Å². The van der Waals surface area contributed by atoms with Gasteiger partial charge in [-0.2, -0.15) is 8.42 Å². The summed E-state index contributed by atoms with van der Waals surface area (Å²) in [5.74, 6) is -0.316. The summed E-state index contributed by atoms with van der Waals surface area (Å²) in [7, 11) is -3.48. The normalized spacial score (nSPS) is 20.7. The quantitative estimate of drug-likeness (QED) is 0.508. The second kappa shape index (κ2) is 9.34. The van der Waals surface area contributed by atoms with E-state index in [0.29, 0.717) is 17.7 Å². The Labute approximate surface area is 187 Å². The molecule has 168 valence electrons. The molecule has 1 aliphatic carbocycles. The van der Waals surface area contributed by atoms with Crippen LogP contribution in [0.5, 0.6) is 0 Å². The average Bonchev–Trinajstić information content (AvgIpc) is 3.29. The average molecular weight is 456 g/mol. The molecule has 1 fully saturated rings. The van der Waals surface area contributed by atoms with Gasteiger partial charge in [0.1, 0.15) is 0 Å². The minimum Gasteiger partial charge on any atom is -0.392 e. The topological polar surface area (TPSA) is 124 Å². The largest absolute Gasteiger partial charge is 0.392 e. The zero-order chi connectivity index (χ0) is 22.7. The summed E-state index contributed by atoms with van der Waals surface area (Å²) in [6.45, 7) is 7.27. The summed E-state index contributed by atoms with van der Waals surface area (Å²) in [4.78, 5) is 20.2. The van der Waals surface area contributed by atoms with Gasteiger partial charge in [-0.1, -0.05) is 18.7 Å². The number of benzene rings is 1. The second-order valence-electron chi connectivity index (χ2n) is 8.02. The van der Waals surface area contributed by atoms with Crippen molar-refractivity contribution >= 4 is 33.1 Å². The summed E-state index contributed by atoms with van der Waals surface area (Å²) in [5, 5.41) is 13.0. The van der Waals surface area contributed by atoms with Gasteiger partial charge in [0, 0.05) is 36.7 Å². The van der Waals surface area contributed by atoms with Crippen molar-refractivity contribution in [1.29, 1.82) is 0 Å². The van der Waals surface area contributed by atoms with Crippen LogP contribution in [-0.4, -0.2) is 38.2 Å². The fraction of sp³-hybridized carbons (Fsp3) is 0.409. The maximum atomic E-state index is 12.8. The Hall–Kier alpha value is -2.84. The molecule has 32 heavy (non-hydrogen) atoms. The van der Waals surface area contributed by atoms with Crippen LogP contribution < -0.4 is 14.8 Å². The van der Waals surface area contributed by atoms with Gasteiger partial charge < -0.3 is 15.3 Å². The van der Waals surface area contributed by atoms with E-state index in [-0.39, 0.29) is 43.1 Å². The monoisotopic (exact) mass is 455 g/mol. The standard InChI is InChI=1S/C22H25N5O4S/c1-23-21-8-7-19(26-21)22(29)27-20-9-15(13-28)17(16-11-24-32(30,31)25-12-16)10-18(20)14-5-3-2-4-6-14/h5,8-10,16,24-25,28H,2-4,6-7,11-13H2,(H,27,29). The molecule has 0 saturated carbocycles. The van der Waals surface area contributed by atoms with E-state index in [9.17, 15) is 18.3 Å². The predicted octanol–water partition coefficient (Wildman–Crippen LogP) is 2.20. The molecule has 1 saturated heterocycles. The van der Waals surface area contributed by atoms with Crippen molar-refractivity contribution in [1.82, 2.24) is 9.44 Å². The van der Waals surface area contributed by atoms with Gasteiger partial charge in [-0.25, -0.2) is 9.44 Å². The molecular weight excluding hydrogens is 430 g/mol. The van der Waals surface area contributed by atoms with Crippen molar-refractivity contribution in [2.75, 3.05) is 18.4 Å². The third-order valence-electron chi connectivity index (χ3n) is 5.92. The van der Waals surface area contributed by atoms with Crippen LogP contribution in [0.25, 0.3) is 10.4 Å². The smallest absolute Gasteiger partial charge is 0.293 e. The first kappa shape index (κ1) is 22.4. The van der Waals surface area contributed by atoms with Crippen molar-refractivity contribution < 1.29 is 18.3 Å². The molecule has 9 nitrogen and oxygen atoms in total. The van der Waals surface area contributed by atoms with E-state index in [1.54, 1.807) is 12.1 Å². The maximum absolute atomic E-state index is 12.8. The van der Waals surface area contributed by atoms with Gasteiger partial charge in [0.2, 0.25) is 0 Å². The lowest BCUT2D eigenvalue weighted by atomic mass is 9.86. The number of aliphatic hydroxyl groups is 1. The molecular formula is C22H25N5O4S. The zero-order valence-electron chi connectivity index (χ0n) is 17.5. The molecule has 1 aromatic carbocycles. The van der Waals surface area contributed by atoms with E-state index in [4.69, 9.17) is 6.57 Å². The van der Waals surface area contributed by atoms with Crippen molar-refractivity contribution in [3.8, 4) is 0 Å². The van der Waals surface area contributed by atoms with Gasteiger partial charge in [-0.15, -0.1) is 4.99 Å². The Morgan fingerprint density at radius 3 is 2.66 bits per heavy atom. The molecule has 0 radical (unpaired) electrons. The molecule has 0 spiro atoms. The fourth-order valence-electron chi connectivity index (χ4n) is 4.22. The lowest BCUT2D eigenvalue weighted by Gasteiger charge is -2.27. The first-order chi connectivity index (χ1) is 15.4. The van der Waals surface area contributed by atoms with Crippen molar-refractivity contribution in [3.63, 3.8) is 0 Å². The molecule has 0 bridgehead atoms. The molecule has 4 N–H and O–H groups in total. The van der Waals surface area contributed by atoms with Crippen LogP contribution in [0.15, 0.2) is 35.1 Å². The van der Waals surface area contributed by atoms with Gasteiger partial charge >= 0.3 is 0 Å². The van der Waals surface area contributed by atoms with Crippen LogP contribution in [0.2, 0.25) is 0 Å². The molecule has 1 amide bonds. The first-order valence-electron chi connectivity index (χ1n) is 10.6. The number of carbonyl (C=O) groups is 1. The van der Waals surface area contributed by atoms with Crippen molar-refractivity contribution in [2.45, 2.75) is 44.6 Å². The number of hydrogen-bond acceptors (Lipinski definition) is 5. The number of amides is 1. The predicted molar refractivity (Wildman–Crippen MR) is 122 cm³/mol. The molecule has 3 aliphatic rings. The summed E-state index contributed by atoms with van der Waals surface area (Å²) < 4.78 is 28.4.